The number of hydrogen-bond acceptors (Lipinski definition) is 2. The predicted molar refractivity (Wildman–Crippen MR) is 67.1 cm³/mol. The highest BCUT2D eigenvalue weighted by Gasteiger charge is 2.24. The van der Waals surface area contributed by atoms with Crippen molar-refractivity contribution < 1.29 is 9.90 Å². The number of nitrogens with one attached hydrogen (secondary N) is 1. The summed E-state index contributed by atoms with van der Waals surface area (Å²) in [6.07, 6.45) is 0.578. The molecule has 1 aromatic rings. The average molecular weight is 233 g/mol. The van der Waals surface area contributed by atoms with Crippen molar-refractivity contribution in [2.24, 2.45) is 0 Å². The van der Waals surface area contributed by atoms with Crippen LogP contribution in [0, 0.1) is 0 Å². The quantitative estimate of drug-likeness (QED) is 0.780. The Morgan fingerprint density at radius 2 is 2.06 bits per heavy atom. The normalized spacial score (nSPS) is 19.8. The molecule has 0 aliphatic carbocycles. The minimum Gasteiger partial charge on any atom is -0.480 e. The maximum Gasteiger partial charge on any atom is 0.321 e. The van der Waals surface area contributed by atoms with Crippen LogP contribution in [0.2, 0.25) is 0 Å². The third kappa shape index (κ3) is 2.50. The molecule has 0 saturated carbocycles. The summed E-state index contributed by atoms with van der Waals surface area (Å²) in [6.45, 7) is 7.21. The van der Waals surface area contributed by atoms with Crippen LogP contribution >= 0.6 is 0 Å². The van der Waals surface area contributed by atoms with Crippen LogP contribution in [-0.4, -0.2) is 17.1 Å². The molecule has 92 valence electrons. The van der Waals surface area contributed by atoms with Gasteiger partial charge in [-0.1, -0.05) is 39.0 Å². The Kier molecular flexibility index (Phi) is 2.96. The minimum atomic E-state index is -0.768. The van der Waals surface area contributed by atoms with E-state index in [1.165, 1.54) is 11.1 Å². The number of benzene rings is 1. The Bertz CT molecular complexity index is 446. The molecule has 1 aliphatic heterocycles. The molecular formula is C14H19NO2. The Hall–Kier alpha value is -1.35. The van der Waals surface area contributed by atoms with E-state index in [0.29, 0.717) is 13.0 Å². The molecule has 1 atom stereocenters. The summed E-state index contributed by atoms with van der Waals surface area (Å²) in [5, 5.41) is 12.0. The molecule has 2 N–H and O–H groups in total. The summed E-state index contributed by atoms with van der Waals surface area (Å²) in [7, 11) is 0. The molecule has 1 aromatic carbocycles. The van der Waals surface area contributed by atoms with Gasteiger partial charge in [0.2, 0.25) is 0 Å². The van der Waals surface area contributed by atoms with E-state index in [0.717, 1.165) is 5.56 Å². The fourth-order valence-electron chi connectivity index (χ4n) is 2.16. The lowest BCUT2D eigenvalue weighted by Crippen LogP contribution is -2.41. The lowest BCUT2D eigenvalue weighted by molar-refractivity contribution is -0.139. The van der Waals surface area contributed by atoms with Gasteiger partial charge in [-0.3, -0.25) is 4.79 Å². The monoisotopic (exact) mass is 233 g/mol. The molecule has 0 aromatic heterocycles. The Morgan fingerprint density at radius 3 is 2.65 bits per heavy atom. The van der Waals surface area contributed by atoms with Gasteiger partial charge in [0.1, 0.15) is 6.04 Å². The van der Waals surface area contributed by atoms with Gasteiger partial charge in [-0.25, -0.2) is 0 Å². The van der Waals surface area contributed by atoms with Crippen LogP contribution in [0.5, 0.6) is 0 Å². The average Bonchev–Trinajstić information content (AvgIpc) is 2.26. The molecule has 0 amide bonds. The first-order chi connectivity index (χ1) is 7.88. The van der Waals surface area contributed by atoms with Crippen LogP contribution in [-0.2, 0) is 23.2 Å². The van der Waals surface area contributed by atoms with E-state index in [1.54, 1.807) is 0 Å². The van der Waals surface area contributed by atoms with E-state index in [2.05, 4.69) is 44.3 Å². The Labute approximate surface area is 102 Å². The summed E-state index contributed by atoms with van der Waals surface area (Å²) in [5.41, 5.74) is 3.82. The van der Waals surface area contributed by atoms with Crippen molar-refractivity contribution in [3.8, 4) is 0 Å². The van der Waals surface area contributed by atoms with Crippen molar-refractivity contribution in [3.05, 3.63) is 34.9 Å². The number of carbonyl (C=O) groups is 1. The number of fused-ring (bicyclic) bond motifs is 1. The van der Waals surface area contributed by atoms with Crippen molar-refractivity contribution in [2.75, 3.05) is 0 Å². The molecule has 1 aliphatic rings. The van der Waals surface area contributed by atoms with E-state index in [1.807, 2.05) is 0 Å². The highest BCUT2D eigenvalue weighted by molar-refractivity contribution is 5.74. The van der Waals surface area contributed by atoms with Gasteiger partial charge < -0.3 is 10.4 Å². The predicted octanol–water partition coefficient (Wildman–Crippen LogP) is 2.08. The summed E-state index contributed by atoms with van der Waals surface area (Å²) < 4.78 is 0. The van der Waals surface area contributed by atoms with Gasteiger partial charge in [0.15, 0.2) is 0 Å². The zero-order valence-electron chi connectivity index (χ0n) is 10.6. The van der Waals surface area contributed by atoms with Gasteiger partial charge in [-0.15, -0.1) is 0 Å². The van der Waals surface area contributed by atoms with Crippen molar-refractivity contribution >= 4 is 5.97 Å². The van der Waals surface area contributed by atoms with Gasteiger partial charge in [-0.2, -0.15) is 0 Å². The second-order valence-corrected chi connectivity index (χ2v) is 5.71. The highest BCUT2D eigenvalue weighted by atomic mass is 16.4. The fourth-order valence-corrected chi connectivity index (χ4v) is 2.16. The van der Waals surface area contributed by atoms with Gasteiger partial charge in [0.25, 0.3) is 0 Å². The number of carboxylic acid groups (broad SMARTS) is 1. The van der Waals surface area contributed by atoms with Crippen LogP contribution in [0.3, 0.4) is 0 Å². The largest absolute Gasteiger partial charge is 0.480 e. The first-order valence-corrected chi connectivity index (χ1v) is 5.96. The van der Waals surface area contributed by atoms with Crippen molar-refractivity contribution in [2.45, 2.75) is 45.2 Å². The second kappa shape index (κ2) is 4.15. The minimum absolute atomic E-state index is 0.138. The Morgan fingerprint density at radius 1 is 1.35 bits per heavy atom. The van der Waals surface area contributed by atoms with Crippen molar-refractivity contribution in [1.29, 1.82) is 0 Å². The molecule has 0 unspecified atom stereocenters. The van der Waals surface area contributed by atoms with Crippen LogP contribution < -0.4 is 5.32 Å². The van der Waals surface area contributed by atoms with E-state index in [4.69, 9.17) is 5.11 Å². The standard InChI is InChI=1S/C14H19NO2/c1-14(2,3)11-5-4-9-7-12(13(16)17)15-8-10(9)6-11/h4-6,12,15H,7-8H2,1-3H3,(H,16,17)/t12-/m0/s1. The highest BCUT2D eigenvalue weighted by Crippen LogP contribution is 2.26. The Balaban J connectivity index is 2.29. The zero-order valence-corrected chi connectivity index (χ0v) is 10.6. The maximum absolute atomic E-state index is 10.9. The van der Waals surface area contributed by atoms with Crippen LogP contribution in [0.15, 0.2) is 18.2 Å². The van der Waals surface area contributed by atoms with Gasteiger partial charge in [0.05, 0.1) is 0 Å². The second-order valence-electron chi connectivity index (χ2n) is 5.71. The summed E-state index contributed by atoms with van der Waals surface area (Å²) >= 11 is 0. The lowest BCUT2D eigenvalue weighted by atomic mass is 9.83. The van der Waals surface area contributed by atoms with Crippen LogP contribution in [0.4, 0.5) is 0 Å². The van der Waals surface area contributed by atoms with Gasteiger partial charge in [-0.05, 0) is 28.5 Å². The smallest absolute Gasteiger partial charge is 0.321 e. The van der Waals surface area contributed by atoms with Gasteiger partial charge >= 0.3 is 5.97 Å². The van der Waals surface area contributed by atoms with E-state index >= 15 is 0 Å². The molecular weight excluding hydrogens is 214 g/mol. The molecule has 0 bridgehead atoms. The topological polar surface area (TPSA) is 49.3 Å². The number of rotatable bonds is 1. The summed E-state index contributed by atoms with van der Waals surface area (Å²) in [5.74, 6) is -0.768. The first kappa shape index (κ1) is 12.1. The van der Waals surface area contributed by atoms with E-state index < -0.39 is 12.0 Å². The molecule has 2 rings (SSSR count). The third-order valence-corrected chi connectivity index (χ3v) is 3.33. The zero-order chi connectivity index (χ0) is 12.6. The van der Waals surface area contributed by atoms with Crippen LogP contribution in [0.1, 0.15) is 37.5 Å². The molecule has 3 heteroatoms. The SMILES string of the molecule is CC(C)(C)c1ccc2c(c1)CN[C@H](C(=O)O)C2. The van der Waals surface area contributed by atoms with E-state index in [-0.39, 0.29) is 5.41 Å². The maximum atomic E-state index is 10.9. The van der Waals surface area contributed by atoms with Gasteiger partial charge in [0, 0.05) is 6.54 Å². The molecule has 0 saturated heterocycles. The number of carboxylic acids is 1. The summed E-state index contributed by atoms with van der Waals surface area (Å²) in [4.78, 5) is 10.9. The number of aliphatic carboxylic acids is 1. The van der Waals surface area contributed by atoms with Crippen LogP contribution in [0.25, 0.3) is 0 Å². The fraction of sp³-hybridized carbons (Fsp3) is 0.500. The van der Waals surface area contributed by atoms with E-state index in [9.17, 15) is 4.79 Å². The molecule has 1 heterocycles. The van der Waals surface area contributed by atoms with Crippen molar-refractivity contribution in [3.63, 3.8) is 0 Å². The molecule has 0 fully saturated rings. The first-order valence-electron chi connectivity index (χ1n) is 5.96. The molecule has 3 nitrogen and oxygen atoms in total. The third-order valence-electron chi connectivity index (χ3n) is 3.33. The molecule has 17 heavy (non-hydrogen) atoms. The summed E-state index contributed by atoms with van der Waals surface area (Å²) in [6, 6.07) is 5.94. The number of hydrogen-bond donors (Lipinski definition) is 2. The molecule has 0 spiro atoms. The van der Waals surface area contributed by atoms with Crippen molar-refractivity contribution in [1.82, 2.24) is 5.32 Å². The molecule has 0 radical (unpaired) electrons. The lowest BCUT2D eigenvalue weighted by Gasteiger charge is -2.26.